The summed E-state index contributed by atoms with van der Waals surface area (Å²) in [5, 5.41) is 13.4. The van der Waals surface area contributed by atoms with Crippen molar-refractivity contribution in [2.45, 2.75) is 25.0 Å². The molecule has 3 aromatic carbocycles. The summed E-state index contributed by atoms with van der Waals surface area (Å²) >= 11 is 0. The summed E-state index contributed by atoms with van der Waals surface area (Å²) < 4.78 is 11.9. The topological polar surface area (TPSA) is 71.9 Å². The molecule has 3 aliphatic rings. The molecule has 2 bridgehead atoms. The maximum atomic E-state index is 13.7. The highest BCUT2D eigenvalue weighted by Gasteiger charge is 2.44. The smallest absolute Gasteiger partial charge is 0.342 e. The van der Waals surface area contributed by atoms with Crippen molar-refractivity contribution < 1.29 is 19.4 Å². The molecule has 0 aliphatic carbocycles. The number of hydrogen-bond acceptors (Lipinski definition) is 6. The molecule has 3 aliphatic heterocycles. The molecule has 0 spiro atoms. The van der Waals surface area contributed by atoms with E-state index in [0.717, 1.165) is 58.9 Å². The van der Waals surface area contributed by atoms with Crippen LogP contribution in [0.3, 0.4) is 0 Å². The Balaban J connectivity index is 1.43. The lowest BCUT2D eigenvalue weighted by atomic mass is 9.73. The lowest BCUT2D eigenvalue weighted by Gasteiger charge is -2.51. The van der Waals surface area contributed by atoms with Crippen molar-refractivity contribution in [2.24, 2.45) is 11.8 Å². The largest absolute Gasteiger partial charge is 0.507 e. The Labute approximate surface area is 216 Å². The highest BCUT2D eigenvalue weighted by atomic mass is 16.5. The Morgan fingerprint density at radius 3 is 2.70 bits per heavy atom. The van der Waals surface area contributed by atoms with E-state index in [9.17, 15) is 9.90 Å². The molecule has 1 unspecified atom stereocenters. The number of ether oxygens (including phenoxy) is 2. The second kappa shape index (κ2) is 9.52. The zero-order valence-electron chi connectivity index (χ0n) is 20.8. The van der Waals surface area contributed by atoms with Gasteiger partial charge >= 0.3 is 5.97 Å². The van der Waals surface area contributed by atoms with Gasteiger partial charge in [-0.2, -0.15) is 0 Å². The third-order valence-electron chi connectivity index (χ3n) is 8.11. The number of hydrogen-bond donors (Lipinski definition) is 1. The van der Waals surface area contributed by atoms with Crippen LogP contribution in [0.5, 0.6) is 11.5 Å². The first kappa shape index (κ1) is 23.5. The first-order valence-electron chi connectivity index (χ1n) is 12.8. The molecule has 37 heavy (non-hydrogen) atoms. The first-order chi connectivity index (χ1) is 18.1. The van der Waals surface area contributed by atoms with Gasteiger partial charge in [0.1, 0.15) is 23.2 Å². The SMILES string of the molecule is C=C[C@H]1CN2CC[C@H]1C[C@@H]2[C@@H](OC(=O)c1cc2ccccc2cc1O)c1ccnc2ccc(OC)cc12. The zero-order valence-corrected chi connectivity index (χ0v) is 20.8. The van der Waals surface area contributed by atoms with Crippen LogP contribution in [0.15, 0.2) is 79.5 Å². The van der Waals surface area contributed by atoms with E-state index in [-0.39, 0.29) is 17.4 Å². The van der Waals surface area contributed by atoms with Crippen molar-refractivity contribution in [3.05, 3.63) is 90.6 Å². The minimum absolute atomic E-state index is 0.0123. The molecule has 188 valence electrons. The van der Waals surface area contributed by atoms with E-state index in [4.69, 9.17) is 9.47 Å². The van der Waals surface area contributed by atoms with Crippen molar-refractivity contribution in [1.29, 1.82) is 0 Å². The van der Waals surface area contributed by atoms with Crippen molar-refractivity contribution in [3.8, 4) is 11.5 Å². The third-order valence-corrected chi connectivity index (χ3v) is 8.11. The van der Waals surface area contributed by atoms with Crippen LogP contribution in [0.2, 0.25) is 0 Å². The number of aromatic nitrogens is 1. The second-order valence-electron chi connectivity index (χ2n) is 10.1. The highest BCUT2D eigenvalue weighted by molar-refractivity contribution is 5.98. The Kier molecular flexibility index (Phi) is 6.05. The fraction of sp³-hybridized carbons (Fsp3) is 0.290. The molecular weight excluding hydrogens is 464 g/mol. The van der Waals surface area contributed by atoms with Crippen molar-refractivity contribution in [3.63, 3.8) is 0 Å². The van der Waals surface area contributed by atoms with Gasteiger partial charge in [0, 0.05) is 23.7 Å². The second-order valence-corrected chi connectivity index (χ2v) is 10.1. The number of methoxy groups -OCH3 is 1. The van der Waals surface area contributed by atoms with Gasteiger partial charge in [-0.1, -0.05) is 30.3 Å². The summed E-state index contributed by atoms with van der Waals surface area (Å²) in [5.41, 5.74) is 1.87. The zero-order chi connectivity index (χ0) is 25.5. The summed E-state index contributed by atoms with van der Waals surface area (Å²) in [7, 11) is 1.64. The molecule has 3 fully saturated rings. The summed E-state index contributed by atoms with van der Waals surface area (Å²) in [6, 6.07) is 18.7. The maximum absolute atomic E-state index is 13.7. The van der Waals surface area contributed by atoms with E-state index in [2.05, 4.69) is 22.5 Å². The van der Waals surface area contributed by atoms with Gasteiger partial charge in [-0.05, 0) is 78.4 Å². The van der Waals surface area contributed by atoms with E-state index >= 15 is 0 Å². The van der Waals surface area contributed by atoms with Gasteiger partial charge in [0.2, 0.25) is 0 Å². The number of carbonyl (C=O) groups is 1. The monoisotopic (exact) mass is 494 g/mol. The Bertz CT molecular complexity index is 1500. The first-order valence-corrected chi connectivity index (χ1v) is 12.8. The number of aromatic hydroxyl groups is 1. The van der Waals surface area contributed by atoms with Gasteiger partial charge in [-0.25, -0.2) is 4.79 Å². The average molecular weight is 495 g/mol. The minimum Gasteiger partial charge on any atom is -0.507 e. The molecule has 0 saturated carbocycles. The minimum atomic E-state index is -0.538. The van der Waals surface area contributed by atoms with Crippen LogP contribution in [-0.4, -0.2) is 47.2 Å². The third kappa shape index (κ3) is 4.21. The fourth-order valence-electron chi connectivity index (χ4n) is 6.13. The summed E-state index contributed by atoms with van der Waals surface area (Å²) in [4.78, 5) is 20.6. The van der Waals surface area contributed by atoms with Gasteiger partial charge in [0.15, 0.2) is 0 Å². The molecule has 3 saturated heterocycles. The molecule has 5 atom stereocenters. The Morgan fingerprint density at radius 1 is 1.16 bits per heavy atom. The normalized spacial score (nSPS) is 23.6. The van der Waals surface area contributed by atoms with Crippen LogP contribution < -0.4 is 4.74 Å². The maximum Gasteiger partial charge on any atom is 0.342 e. The lowest BCUT2D eigenvalue weighted by molar-refractivity contribution is -0.0568. The van der Waals surface area contributed by atoms with Gasteiger partial charge in [-0.3, -0.25) is 9.88 Å². The van der Waals surface area contributed by atoms with Crippen LogP contribution in [0, 0.1) is 11.8 Å². The lowest BCUT2D eigenvalue weighted by Crippen LogP contribution is -2.55. The molecule has 6 heteroatoms. The molecule has 1 aromatic heterocycles. The van der Waals surface area contributed by atoms with Crippen molar-refractivity contribution in [2.75, 3.05) is 20.2 Å². The highest BCUT2D eigenvalue weighted by Crippen LogP contribution is 2.44. The van der Waals surface area contributed by atoms with E-state index in [0.29, 0.717) is 11.8 Å². The summed E-state index contributed by atoms with van der Waals surface area (Å²) in [5.74, 6) is 1.05. The van der Waals surface area contributed by atoms with E-state index in [1.165, 1.54) is 0 Å². The number of fused-ring (bicyclic) bond motifs is 5. The standard InChI is InChI=1S/C31H30N2O4/c1-3-19-18-33-13-11-22(19)15-28(33)30(24-10-12-32-27-9-8-23(36-2)17-25(24)27)37-31(35)26-14-20-6-4-5-7-21(20)16-29(26)34/h3-10,12,14,16-17,19,22,28,30,34H,1,11,13,15,18H2,2H3/t19-,22-,28+,30-/m0/s1. The molecule has 7 rings (SSSR count). The molecule has 1 N–H and O–H groups in total. The van der Waals surface area contributed by atoms with E-state index in [1.54, 1.807) is 25.4 Å². The van der Waals surface area contributed by atoms with E-state index < -0.39 is 12.1 Å². The molecule has 4 heterocycles. The van der Waals surface area contributed by atoms with Crippen LogP contribution in [0.1, 0.15) is 34.9 Å². The van der Waals surface area contributed by atoms with Crippen molar-refractivity contribution in [1.82, 2.24) is 9.88 Å². The van der Waals surface area contributed by atoms with Gasteiger partial charge in [0.25, 0.3) is 0 Å². The molecular formula is C31H30N2O4. The Morgan fingerprint density at radius 2 is 1.97 bits per heavy atom. The molecule has 0 amide bonds. The van der Waals surface area contributed by atoms with Crippen molar-refractivity contribution >= 4 is 27.6 Å². The van der Waals surface area contributed by atoms with Crippen LogP contribution in [0.25, 0.3) is 21.7 Å². The predicted molar refractivity (Wildman–Crippen MR) is 144 cm³/mol. The van der Waals surface area contributed by atoms with Gasteiger partial charge in [0.05, 0.1) is 18.7 Å². The number of phenolic OH excluding ortho intramolecular Hbond substituents is 1. The number of piperidine rings is 3. The number of rotatable bonds is 6. The summed E-state index contributed by atoms with van der Waals surface area (Å²) in [6.45, 7) is 5.91. The van der Waals surface area contributed by atoms with Crippen LogP contribution >= 0.6 is 0 Å². The fourth-order valence-corrected chi connectivity index (χ4v) is 6.13. The Hall–Kier alpha value is -3.90. The molecule has 4 aromatic rings. The van der Waals surface area contributed by atoms with E-state index in [1.807, 2.05) is 48.5 Å². The number of carbonyl (C=O) groups excluding carboxylic acids is 1. The molecule has 6 nitrogen and oxygen atoms in total. The average Bonchev–Trinajstić information content (AvgIpc) is 2.95. The number of nitrogens with zero attached hydrogens (tertiary/aromatic N) is 2. The van der Waals surface area contributed by atoms with Gasteiger partial charge in [-0.15, -0.1) is 6.58 Å². The number of benzene rings is 3. The number of phenols is 1. The van der Waals surface area contributed by atoms with Gasteiger partial charge < -0.3 is 14.6 Å². The number of pyridine rings is 1. The summed E-state index contributed by atoms with van der Waals surface area (Å²) in [6.07, 6.45) is 5.32. The van der Waals surface area contributed by atoms with Crippen LogP contribution in [0.4, 0.5) is 0 Å². The quantitative estimate of drug-likeness (QED) is 0.266. The van der Waals surface area contributed by atoms with Crippen LogP contribution in [-0.2, 0) is 4.74 Å². The number of esters is 1. The predicted octanol–water partition coefficient (Wildman–Crippen LogP) is 5.90. The molecule has 0 radical (unpaired) electrons.